The third kappa shape index (κ3) is 7.19. The third-order valence-corrected chi connectivity index (χ3v) is 5.57. The molecule has 0 aliphatic carbocycles. The number of aliphatic imine (C=N–C) groups is 1. The van der Waals surface area contributed by atoms with E-state index in [1.807, 2.05) is 0 Å². The summed E-state index contributed by atoms with van der Waals surface area (Å²) in [5.41, 5.74) is 2.40. The van der Waals surface area contributed by atoms with Gasteiger partial charge in [-0.05, 0) is 43.6 Å². The van der Waals surface area contributed by atoms with E-state index in [0.717, 1.165) is 19.0 Å². The molecular formula is C18H30IN3OS. The predicted octanol–water partition coefficient (Wildman–Crippen LogP) is 3.79. The number of ether oxygens (including phenoxy) is 1. The normalized spacial score (nSPS) is 20.5. The molecule has 2 N–H and O–H groups in total. The molecule has 6 heteroatoms. The molecule has 0 amide bonds. The highest BCUT2D eigenvalue weighted by molar-refractivity contribution is 14.0. The number of halogens is 1. The quantitative estimate of drug-likeness (QED) is 0.367. The van der Waals surface area contributed by atoms with Crippen molar-refractivity contribution >= 4 is 41.7 Å². The number of thioether (sulfide) groups is 1. The van der Waals surface area contributed by atoms with Crippen LogP contribution in [0.4, 0.5) is 0 Å². The van der Waals surface area contributed by atoms with Crippen molar-refractivity contribution in [2.24, 2.45) is 4.99 Å². The van der Waals surface area contributed by atoms with Crippen molar-refractivity contribution in [2.45, 2.75) is 44.6 Å². The van der Waals surface area contributed by atoms with Gasteiger partial charge >= 0.3 is 0 Å². The zero-order chi connectivity index (χ0) is 16.5. The first kappa shape index (κ1) is 21.6. The SMILES string of the molecule is CCNC(=NCc1ccc(COC)cc1)NCC1(C)CCCS1.I. The lowest BCUT2D eigenvalue weighted by atomic mass is 10.1. The van der Waals surface area contributed by atoms with Crippen molar-refractivity contribution in [3.05, 3.63) is 35.4 Å². The summed E-state index contributed by atoms with van der Waals surface area (Å²) in [4.78, 5) is 4.71. The Morgan fingerprint density at radius 2 is 1.96 bits per heavy atom. The first-order chi connectivity index (χ1) is 11.1. The first-order valence-electron chi connectivity index (χ1n) is 8.38. The summed E-state index contributed by atoms with van der Waals surface area (Å²) in [5, 5.41) is 6.84. The lowest BCUT2D eigenvalue weighted by Crippen LogP contribution is -2.43. The van der Waals surface area contributed by atoms with Gasteiger partial charge in [0.05, 0.1) is 13.2 Å². The molecule has 4 nitrogen and oxygen atoms in total. The van der Waals surface area contributed by atoms with E-state index in [1.165, 1.54) is 29.7 Å². The molecule has 0 spiro atoms. The maximum atomic E-state index is 5.14. The summed E-state index contributed by atoms with van der Waals surface area (Å²) in [6.07, 6.45) is 2.61. The minimum Gasteiger partial charge on any atom is -0.380 e. The Morgan fingerprint density at radius 1 is 1.25 bits per heavy atom. The molecule has 1 fully saturated rings. The highest BCUT2D eigenvalue weighted by Gasteiger charge is 2.29. The Hall–Kier alpha value is -0.470. The van der Waals surface area contributed by atoms with E-state index < -0.39 is 0 Å². The van der Waals surface area contributed by atoms with E-state index >= 15 is 0 Å². The number of guanidine groups is 1. The van der Waals surface area contributed by atoms with Crippen LogP contribution in [0.15, 0.2) is 29.3 Å². The standard InChI is InChI=1S/C18H29N3OS.HI/c1-4-19-17(21-14-18(2)10-5-11-23-18)20-12-15-6-8-16(9-7-15)13-22-3;/h6-9H,4-5,10-14H2,1-3H3,(H2,19,20,21);1H. The minimum atomic E-state index is 0. The molecule has 0 saturated carbocycles. The van der Waals surface area contributed by atoms with Gasteiger partial charge in [0.2, 0.25) is 0 Å². The monoisotopic (exact) mass is 463 g/mol. The first-order valence-corrected chi connectivity index (χ1v) is 9.36. The van der Waals surface area contributed by atoms with E-state index in [1.54, 1.807) is 7.11 Å². The van der Waals surface area contributed by atoms with E-state index in [9.17, 15) is 0 Å². The van der Waals surface area contributed by atoms with Crippen LogP contribution in [0.3, 0.4) is 0 Å². The zero-order valence-corrected chi connectivity index (χ0v) is 18.1. The Balaban J connectivity index is 0.00000288. The van der Waals surface area contributed by atoms with Crippen molar-refractivity contribution in [1.82, 2.24) is 10.6 Å². The summed E-state index contributed by atoms with van der Waals surface area (Å²) in [6, 6.07) is 8.45. The lowest BCUT2D eigenvalue weighted by Gasteiger charge is -2.24. The summed E-state index contributed by atoms with van der Waals surface area (Å²) in [7, 11) is 1.72. The molecule has 1 atom stereocenters. The minimum absolute atomic E-state index is 0. The maximum Gasteiger partial charge on any atom is 0.191 e. The molecular weight excluding hydrogens is 433 g/mol. The molecule has 2 rings (SSSR count). The van der Waals surface area contributed by atoms with Crippen LogP contribution in [-0.4, -0.2) is 36.7 Å². The Morgan fingerprint density at radius 3 is 2.54 bits per heavy atom. The van der Waals surface area contributed by atoms with Crippen molar-refractivity contribution in [1.29, 1.82) is 0 Å². The molecule has 1 aromatic rings. The van der Waals surface area contributed by atoms with E-state index in [2.05, 4.69) is 60.5 Å². The number of hydrogen-bond acceptors (Lipinski definition) is 3. The van der Waals surface area contributed by atoms with Crippen LogP contribution in [0.1, 0.15) is 37.8 Å². The Bertz CT molecular complexity index is 501. The van der Waals surface area contributed by atoms with Gasteiger partial charge in [0, 0.05) is 24.9 Å². The van der Waals surface area contributed by atoms with Gasteiger partial charge in [-0.25, -0.2) is 4.99 Å². The smallest absolute Gasteiger partial charge is 0.191 e. The zero-order valence-electron chi connectivity index (χ0n) is 14.9. The van der Waals surface area contributed by atoms with E-state index in [-0.39, 0.29) is 24.0 Å². The summed E-state index contributed by atoms with van der Waals surface area (Å²) in [6.45, 7) is 7.63. The highest BCUT2D eigenvalue weighted by atomic mass is 127. The molecule has 1 aromatic carbocycles. The van der Waals surface area contributed by atoms with Crippen molar-refractivity contribution in [2.75, 3.05) is 26.0 Å². The van der Waals surface area contributed by atoms with Gasteiger partial charge in [-0.2, -0.15) is 11.8 Å². The number of nitrogens with zero attached hydrogens (tertiary/aromatic N) is 1. The van der Waals surface area contributed by atoms with Crippen LogP contribution < -0.4 is 10.6 Å². The number of rotatable bonds is 7. The second kappa shape index (κ2) is 11.2. The van der Waals surface area contributed by atoms with Crippen molar-refractivity contribution in [3.63, 3.8) is 0 Å². The summed E-state index contributed by atoms with van der Waals surface area (Å²) in [5.74, 6) is 2.18. The maximum absolute atomic E-state index is 5.14. The van der Waals surface area contributed by atoms with Crippen LogP contribution in [0.5, 0.6) is 0 Å². The second-order valence-electron chi connectivity index (χ2n) is 6.20. The molecule has 1 heterocycles. The number of methoxy groups -OCH3 is 1. The molecule has 1 saturated heterocycles. The largest absolute Gasteiger partial charge is 0.380 e. The predicted molar refractivity (Wildman–Crippen MR) is 115 cm³/mol. The van der Waals surface area contributed by atoms with Gasteiger partial charge in [-0.15, -0.1) is 24.0 Å². The topological polar surface area (TPSA) is 45.7 Å². The molecule has 0 aromatic heterocycles. The molecule has 0 radical (unpaired) electrons. The van der Waals surface area contributed by atoms with E-state index in [0.29, 0.717) is 17.9 Å². The van der Waals surface area contributed by atoms with Gasteiger partial charge in [0.15, 0.2) is 5.96 Å². The molecule has 1 aliphatic heterocycles. The second-order valence-corrected chi connectivity index (χ2v) is 7.88. The van der Waals surface area contributed by atoms with Crippen LogP contribution in [0.2, 0.25) is 0 Å². The molecule has 1 aliphatic rings. The third-order valence-electron chi connectivity index (χ3n) is 4.03. The van der Waals surface area contributed by atoms with Gasteiger partial charge in [-0.3, -0.25) is 0 Å². The molecule has 24 heavy (non-hydrogen) atoms. The Labute approximate surface area is 167 Å². The Kier molecular flexibility index (Phi) is 10.1. The summed E-state index contributed by atoms with van der Waals surface area (Å²) < 4.78 is 5.48. The van der Waals surface area contributed by atoms with Gasteiger partial charge in [0.1, 0.15) is 0 Å². The van der Waals surface area contributed by atoms with Gasteiger partial charge in [-0.1, -0.05) is 24.3 Å². The van der Waals surface area contributed by atoms with Crippen LogP contribution in [-0.2, 0) is 17.9 Å². The fourth-order valence-corrected chi connectivity index (χ4v) is 3.91. The number of benzene rings is 1. The summed E-state index contributed by atoms with van der Waals surface area (Å²) >= 11 is 2.07. The molecule has 0 bridgehead atoms. The van der Waals surface area contributed by atoms with Crippen LogP contribution in [0.25, 0.3) is 0 Å². The average Bonchev–Trinajstić information content (AvgIpc) is 2.99. The number of hydrogen-bond donors (Lipinski definition) is 2. The van der Waals surface area contributed by atoms with Crippen LogP contribution >= 0.6 is 35.7 Å². The highest BCUT2D eigenvalue weighted by Crippen LogP contribution is 2.36. The van der Waals surface area contributed by atoms with Crippen molar-refractivity contribution < 1.29 is 4.74 Å². The average molecular weight is 463 g/mol. The van der Waals surface area contributed by atoms with E-state index in [4.69, 9.17) is 9.73 Å². The molecule has 136 valence electrons. The lowest BCUT2D eigenvalue weighted by molar-refractivity contribution is 0.185. The van der Waals surface area contributed by atoms with Gasteiger partial charge < -0.3 is 15.4 Å². The van der Waals surface area contributed by atoms with Crippen LogP contribution in [0, 0.1) is 0 Å². The van der Waals surface area contributed by atoms with Gasteiger partial charge in [0.25, 0.3) is 0 Å². The fourth-order valence-electron chi connectivity index (χ4n) is 2.67. The fraction of sp³-hybridized carbons (Fsp3) is 0.611. The van der Waals surface area contributed by atoms with Crippen molar-refractivity contribution in [3.8, 4) is 0 Å². The molecule has 1 unspecified atom stereocenters. The number of nitrogens with one attached hydrogen (secondary N) is 2.